The molecule has 2 aromatic carbocycles. The van der Waals surface area contributed by atoms with Crippen molar-refractivity contribution in [1.29, 1.82) is 0 Å². The molecule has 0 aliphatic carbocycles. The van der Waals surface area contributed by atoms with Crippen molar-refractivity contribution in [2.45, 2.75) is 31.7 Å². The monoisotopic (exact) mass is 339 g/mol. The molecule has 2 N–H and O–H groups in total. The van der Waals surface area contributed by atoms with E-state index in [1.807, 2.05) is 6.07 Å². The van der Waals surface area contributed by atoms with Crippen LogP contribution in [-0.4, -0.2) is 22.8 Å². The topological polar surface area (TPSA) is 83.5 Å². The Morgan fingerprint density at radius 3 is 2.00 bits per heavy atom. The number of carbonyl (C=O) groups is 3. The van der Waals surface area contributed by atoms with E-state index in [9.17, 15) is 19.5 Å². The summed E-state index contributed by atoms with van der Waals surface area (Å²) in [5.41, 5.74) is -0.445. The lowest BCUT2D eigenvalue weighted by molar-refractivity contribution is -0.148. The van der Waals surface area contributed by atoms with E-state index in [0.717, 1.165) is 0 Å². The van der Waals surface area contributed by atoms with Gasteiger partial charge in [0.05, 0.1) is 0 Å². The Hall–Kier alpha value is -2.95. The van der Waals surface area contributed by atoms with Gasteiger partial charge in [-0.25, -0.2) is 4.79 Å². The molecular formula is C20H21NO4. The molecule has 0 saturated heterocycles. The molecule has 0 aliphatic heterocycles. The zero-order valence-electron chi connectivity index (χ0n) is 14.1. The van der Waals surface area contributed by atoms with Crippen molar-refractivity contribution in [1.82, 2.24) is 5.32 Å². The number of amides is 1. The fourth-order valence-corrected chi connectivity index (χ4v) is 2.71. The minimum atomic E-state index is -1.49. The minimum Gasteiger partial charge on any atom is -0.479 e. The van der Waals surface area contributed by atoms with Crippen LogP contribution in [0.3, 0.4) is 0 Å². The molecule has 5 nitrogen and oxygen atoms in total. The summed E-state index contributed by atoms with van der Waals surface area (Å²) in [6.07, 6.45) is 0.171. The molecule has 0 aromatic heterocycles. The van der Waals surface area contributed by atoms with Gasteiger partial charge in [-0.1, -0.05) is 67.6 Å². The van der Waals surface area contributed by atoms with Crippen molar-refractivity contribution in [3.8, 4) is 0 Å². The molecule has 1 amide bonds. The number of Topliss-reactive ketones (excluding diaryl/α,β-unsaturated/α-hetero) is 1. The molecule has 0 fully saturated rings. The van der Waals surface area contributed by atoms with Crippen LogP contribution in [0, 0.1) is 0 Å². The predicted molar refractivity (Wildman–Crippen MR) is 94.2 cm³/mol. The van der Waals surface area contributed by atoms with Gasteiger partial charge in [-0.3, -0.25) is 9.59 Å². The number of benzene rings is 2. The van der Waals surface area contributed by atoms with Crippen molar-refractivity contribution in [3.63, 3.8) is 0 Å². The second-order valence-corrected chi connectivity index (χ2v) is 5.77. The van der Waals surface area contributed by atoms with Gasteiger partial charge in [0.1, 0.15) is 0 Å². The van der Waals surface area contributed by atoms with Crippen LogP contribution in [0.2, 0.25) is 0 Å². The van der Waals surface area contributed by atoms with Gasteiger partial charge in [0, 0.05) is 18.4 Å². The average Bonchev–Trinajstić information content (AvgIpc) is 2.65. The van der Waals surface area contributed by atoms with Crippen LogP contribution in [0.15, 0.2) is 60.7 Å². The molecule has 2 rings (SSSR count). The number of hydrogen-bond donors (Lipinski definition) is 2. The highest BCUT2D eigenvalue weighted by atomic mass is 16.4. The lowest BCUT2D eigenvalue weighted by atomic mass is 9.87. The number of ketones is 1. The largest absolute Gasteiger partial charge is 0.479 e. The zero-order valence-corrected chi connectivity index (χ0v) is 14.1. The number of carboxylic acids is 1. The molecule has 1 unspecified atom stereocenters. The summed E-state index contributed by atoms with van der Waals surface area (Å²) in [6.45, 7) is 1.70. The Labute approximate surface area is 146 Å². The van der Waals surface area contributed by atoms with E-state index in [1.54, 1.807) is 61.5 Å². The fourth-order valence-electron chi connectivity index (χ4n) is 2.71. The Kier molecular flexibility index (Phi) is 6.06. The Morgan fingerprint density at radius 2 is 1.48 bits per heavy atom. The third-order valence-electron chi connectivity index (χ3n) is 4.19. The highest BCUT2D eigenvalue weighted by molar-refractivity contribution is 5.98. The van der Waals surface area contributed by atoms with Crippen LogP contribution < -0.4 is 5.32 Å². The lowest BCUT2D eigenvalue weighted by Crippen LogP contribution is -2.51. The number of carbonyl (C=O) groups excluding carboxylic acids is 2. The van der Waals surface area contributed by atoms with Gasteiger partial charge in [0.2, 0.25) is 5.91 Å². The summed E-state index contributed by atoms with van der Waals surface area (Å²) in [6, 6.07) is 17.3. The van der Waals surface area contributed by atoms with Crippen LogP contribution in [0.5, 0.6) is 0 Å². The molecule has 0 saturated carbocycles. The summed E-state index contributed by atoms with van der Waals surface area (Å²) in [5, 5.41) is 12.3. The molecule has 2 aromatic rings. The molecular weight excluding hydrogens is 318 g/mol. The average molecular weight is 339 g/mol. The van der Waals surface area contributed by atoms with Crippen molar-refractivity contribution >= 4 is 17.7 Å². The van der Waals surface area contributed by atoms with Crippen LogP contribution in [0.1, 0.15) is 42.1 Å². The summed E-state index contributed by atoms with van der Waals surface area (Å²) >= 11 is 0. The first-order valence-corrected chi connectivity index (χ1v) is 8.18. The third-order valence-corrected chi connectivity index (χ3v) is 4.19. The van der Waals surface area contributed by atoms with E-state index >= 15 is 0 Å². The lowest BCUT2D eigenvalue weighted by Gasteiger charge is -2.30. The molecule has 0 spiro atoms. The van der Waals surface area contributed by atoms with Gasteiger partial charge < -0.3 is 10.4 Å². The maximum Gasteiger partial charge on any atom is 0.334 e. The summed E-state index contributed by atoms with van der Waals surface area (Å²) in [5.74, 6) is -1.73. The molecule has 5 heteroatoms. The second kappa shape index (κ2) is 8.24. The Bertz CT molecular complexity index is 743. The van der Waals surface area contributed by atoms with E-state index in [0.29, 0.717) is 11.1 Å². The van der Waals surface area contributed by atoms with E-state index in [-0.39, 0.29) is 25.0 Å². The number of hydrogen-bond acceptors (Lipinski definition) is 3. The molecule has 1 atom stereocenters. The SMILES string of the molecule is CCC(NC(=O)CCC(=O)c1ccccc1)(C(=O)O)c1ccccc1. The summed E-state index contributed by atoms with van der Waals surface area (Å²) in [7, 11) is 0. The molecule has 0 aliphatic rings. The zero-order chi connectivity index (χ0) is 18.3. The summed E-state index contributed by atoms with van der Waals surface area (Å²) in [4.78, 5) is 36.3. The smallest absolute Gasteiger partial charge is 0.334 e. The van der Waals surface area contributed by atoms with E-state index in [4.69, 9.17) is 0 Å². The van der Waals surface area contributed by atoms with Crippen molar-refractivity contribution in [2.24, 2.45) is 0 Å². The van der Waals surface area contributed by atoms with E-state index < -0.39 is 17.4 Å². The maximum absolute atomic E-state index is 12.3. The van der Waals surface area contributed by atoms with E-state index in [2.05, 4.69) is 5.32 Å². The quantitative estimate of drug-likeness (QED) is 0.724. The van der Waals surface area contributed by atoms with Crippen LogP contribution in [0.25, 0.3) is 0 Å². The minimum absolute atomic E-state index is 0.0318. The van der Waals surface area contributed by atoms with E-state index in [1.165, 1.54) is 0 Å². The number of rotatable bonds is 8. The van der Waals surface area contributed by atoms with Crippen molar-refractivity contribution in [2.75, 3.05) is 0 Å². The number of nitrogens with one attached hydrogen (secondary N) is 1. The summed E-state index contributed by atoms with van der Waals surface area (Å²) < 4.78 is 0. The van der Waals surface area contributed by atoms with Gasteiger partial charge in [-0.2, -0.15) is 0 Å². The third kappa shape index (κ3) is 4.32. The fraction of sp³-hybridized carbons (Fsp3) is 0.250. The Balaban J connectivity index is 2.08. The maximum atomic E-state index is 12.3. The standard InChI is InChI=1S/C20H21NO4/c1-2-20(19(24)25,16-11-7-4-8-12-16)21-18(23)14-13-17(22)15-9-5-3-6-10-15/h3-12H,2,13-14H2,1H3,(H,21,23)(H,24,25). The predicted octanol–water partition coefficient (Wildman–Crippen LogP) is 3.16. The molecule has 0 heterocycles. The van der Waals surface area contributed by atoms with Gasteiger partial charge in [-0.15, -0.1) is 0 Å². The van der Waals surface area contributed by atoms with Gasteiger partial charge in [-0.05, 0) is 12.0 Å². The van der Waals surface area contributed by atoms with Gasteiger partial charge in [0.25, 0.3) is 0 Å². The number of aliphatic carboxylic acids is 1. The van der Waals surface area contributed by atoms with Crippen LogP contribution in [0.4, 0.5) is 0 Å². The molecule has 0 radical (unpaired) electrons. The van der Waals surface area contributed by atoms with Gasteiger partial charge >= 0.3 is 5.97 Å². The highest BCUT2D eigenvalue weighted by Gasteiger charge is 2.40. The molecule has 25 heavy (non-hydrogen) atoms. The second-order valence-electron chi connectivity index (χ2n) is 5.77. The normalized spacial score (nSPS) is 12.8. The first kappa shape index (κ1) is 18.4. The first-order valence-electron chi connectivity index (χ1n) is 8.18. The Morgan fingerprint density at radius 1 is 0.920 bits per heavy atom. The first-order chi connectivity index (χ1) is 12.0. The van der Waals surface area contributed by atoms with Crippen molar-refractivity contribution < 1.29 is 19.5 Å². The van der Waals surface area contributed by atoms with Gasteiger partial charge in [0.15, 0.2) is 11.3 Å². The van der Waals surface area contributed by atoms with Crippen molar-refractivity contribution in [3.05, 3.63) is 71.8 Å². The number of carboxylic acid groups (broad SMARTS) is 1. The highest BCUT2D eigenvalue weighted by Crippen LogP contribution is 2.25. The molecule has 0 bridgehead atoms. The molecule has 130 valence electrons. The van der Waals surface area contributed by atoms with Crippen LogP contribution >= 0.6 is 0 Å². The van der Waals surface area contributed by atoms with Crippen LogP contribution in [-0.2, 0) is 15.1 Å².